The minimum Gasteiger partial charge on any atom is -0.467 e. The molecule has 6 nitrogen and oxygen atoms in total. The van der Waals surface area contributed by atoms with Crippen molar-refractivity contribution in [3.05, 3.63) is 59.0 Å². The van der Waals surface area contributed by atoms with Crippen LogP contribution in [0.15, 0.2) is 47.1 Å². The quantitative estimate of drug-likeness (QED) is 0.758. The van der Waals surface area contributed by atoms with Gasteiger partial charge in [-0.1, -0.05) is 23.7 Å². The third kappa shape index (κ3) is 2.21. The molecule has 22 heavy (non-hydrogen) atoms. The molecule has 0 amide bonds. The third-order valence-corrected chi connectivity index (χ3v) is 4.10. The number of nitrogen functional groups attached to an aromatic ring is 1. The van der Waals surface area contributed by atoms with Crippen LogP contribution < -0.4 is 11.1 Å². The average molecular weight is 316 g/mol. The highest BCUT2D eigenvalue weighted by molar-refractivity contribution is 6.30. The zero-order valence-electron chi connectivity index (χ0n) is 11.6. The van der Waals surface area contributed by atoms with Gasteiger partial charge in [0.25, 0.3) is 0 Å². The van der Waals surface area contributed by atoms with Crippen molar-refractivity contribution in [3.8, 4) is 0 Å². The second-order valence-corrected chi connectivity index (χ2v) is 5.69. The zero-order valence-corrected chi connectivity index (χ0v) is 12.4. The Bertz CT molecular complexity index is 781. The van der Waals surface area contributed by atoms with Crippen molar-refractivity contribution in [2.24, 2.45) is 0 Å². The van der Waals surface area contributed by atoms with Crippen LogP contribution in [0.3, 0.4) is 0 Å². The molecule has 112 valence electrons. The maximum Gasteiger partial charge on any atom is 0.241 e. The van der Waals surface area contributed by atoms with Gasteiger partial charge in [0.1, 0.15) is 11.8 Å². The molecule has 3 heterocycles. The fourth-order valence-electron chi connectivity index (χ4n) is 2.83. The zero-order chi connectivity index (χ0) is 15.1. The van der Waals surface area contributed by atoms with Crippen molar-refractivity contribution >= 4 is 23.5 Å². The topological polar surface area (TPSA) is 81.9 Å². The molecule has 0 aliphatic carbocycles. The number of nitrogens with zero attached hydrogens (tertiary/aromatic N) is 3. The SMILES string of the molecule is Nc1nc2n(n1)[C@@H](c1ccco1)C[C@H](c1ccc(Cl)cc1)N2. The number of hydrogen-bond acceptors (Lipinski definition) is 5. The summed E-state index contributed by atoms with van der Waals surface area (Å²) in [7, 11) is 0. The molecule has 1 aromatic carbocycles. The van der Waals surface area contributed by atoms with Gasteiger partial charge in [0, 0.05) is 11.4 Å². The fraction of sp³-hybridized carbons (Fsp3) is 0.200. The van der Waals surface area contributed by atoms with Crippen LogP contribution in [-0.2, 0) is 0 Å². The monoisotopic (exact) mass is 315 g/mol. The molecule has 1 aliphatic rings. The Labute approximate surface area is 131 Å². The standard InChI is InChI=1S/C15H14ClN5O/c16-10-5-3-9(4-6-10)11-8-12(13-2-1-7-22-13)21-15(18-11)19-14(17)20-21/h1-7,11-12H,8H2,(H3,17,18,19,20)/t11-,12-/m1/s1. The van der Waals surface area contributed by atoms with Crippen LogP contribution in [0.4, 0.5) is 11.9 Å². The molecular weight excluding hydrogens is 302 g/mol. The number of nitrogens with two attached hydrogens (primary N) is 1. The molecule has 2 aromatic heterocycles. The van der Waals surface area contributed by atoms with Gasteiger partial charge in [-0.15, -0.1) is 5.10 Å². The average Bonchev–Trinajstić information content (AvgIpc) is 3.15. The van der Waals surface area contributed by atoms with Crippen molar-refractivity contribution in [1.29, 1.82) is 0 Å². The van der Waals surface area contributed by atoms with E-state index in [9.17, 15) is 0 Å². The summed E-state index contributed by atoms with van der Waals surface area (Å²) in [6, 6.07) is 11.6. The number of hydrogen-bond donors (Lipinski definition) is 2. The van der Waals surface area contributed by atoms with Gasteiger partial charge in [-0.05, 0) is 29.8 Å². The Morgan fingerprint density at radius 2 is 2.09 bits per heavy atom. The van der Waals surface area contributed by atoms with Gasteiger partial charge in [0.2, 0.25) is 11.9 Å². The number of rotatable bonds is 2. The minimum atomic E-state index is -0.0447. The summed E-state index contributed by atoms with van der Waals surface area (Å²) in [6.07, 6.45) is 2.44. The summed E-state index contributed by atoms with van der Waals surface area (Å²) in [5.74, 6) is 1.73. The first-order chi connectivity index (χ1) is 10.7. The molecule has 0 unspecified atom stereocenters. The van der Waals surface area contributed by atoms with Crippen molar-refractivity contribution in [2.45, 2.75) is 18.5 Å². The molecule has 2 atom stereocenters. The van der Waals surface area contributed by atoms with Crippen molar-refractivity contribution in [3.63, 3.8) is 0 Å². The van der Waals surface area contributed by atoms with Crippen LogP contribution in [0.25, 0.3) is 0 Å². The van der Waals surface area contributed by atoms with Crippen molar-refractivity contribution in [2.75, 3.05) is 11.1 Å². The number of benzene rings is 1. The molecule has 3 aromatic rings. The first-order valence-electron chi connectivity index (χ1n) is 6.98. The lowest BCUT2D eigenvalue weighted by atomic mass is 9.96. The molecule has 4 rings (SSSR count). The summed E-state index contributed by atoms with van der Waals surface area (Å²) in [5, 5.41) is 8.36. The van der Waals surface area contributed by atoms with E-state index in [0.29, 0.717) is 5.95 Å². The van der Waals surface area contributed by atoms with Crippen LogP contribution in [0, 0.1) is 0 Å². The van der Waals surface area contributed by atoms with E-state index in [4.69, 9.17) is 21.8 Å². The Balaban J connectivity index is 1.74. The first kappa shape index (κ1) is 13.2. The predicted octanol–water partition coefficient (Wildman–Crippen LogP) is 3.25. The predicted molar refractivity (Wildman–Crippen MR) is 83.7 cm³/mol. The fourth-order valence-corrected chi connectivity index (χ4v) is 2.95. The van der Waals surface area contributed by atoms with Crippen LogP contribution in [0.2, 0.25) is 5.02 Å². The maximum absolute atomic E-state index is 5.97. The number of fused-ring (bicyclic) bond motifs is 1. The molecule has 0 bridgehead atoms. The van der Waals surface area contributed by atoms with E-state index in [2.05, 4.69) is 15.4 Å². The van der Waals surface area contributed by atoms with Gasteiger partial charge in [-0.2, -0.15) is 4.98 Å². The molecule has 0 saturated heterocycles. The summed E-state index contributed by atoms with van der Waals surface area (Å²) < 4.78 is 7.34. The van der Waals surface area contributed by atoms with Gasteiger partial charge in [-0.25, -0.2) is 4.68 Å². The first-order valence-corrected chi connectivity index (χ1v) is 7.36. The molecule has 0 fully saturated rings. The van der Waals surface area contributed by atoms with Crippen molar-refractivity contribution in [1.82, 2.24) is 14.8 Å². The van der Waals surface area contributed by atoms with E-state index < -0.39 is 0 Å². The van der Waals surface area contributed by atoms with Crippen molar-refractivity contribution < 1.29 is 4.42 Å². The highest BCUT2D eigenvalue weighted by atomic mass is 35.5. The highest BCUT2D eigenvalue weighted by Gasteiger charge is 2.32. The lowest BCUT2D eigenvalue weighted by Gasteiger charge is -2.30. The Morgan fingerprint density at radius 1 is 1.27 bits per heavy atom. The smallest absolute Gasteiger partial charge is 0.241 e. The lowest BCUT2D eigenvalue weighted by Crippen LogP contribution is -2.27. The van der Waals surface area contributed by atoms with E-state index in [1.807, 2.05) is 36.4 Å². The summed E-state index contributed by atoms with van der Waals surface area (Å²) >= 11 is 5.97. The highest BCUT2D eigenvalue weighted by Crippen LogP contribution is 2.38. The summed E-state index contributed by atoms with van der Waals surface area (Å²) in [5.41, 5.74) is 6.88. The lowest BCUT2D eigenvalue weighted by molar-refractivity contribution is 0.359. The van der Waals surface area contributed by atoms with Gasteiger partial charge in [0.05, 0.1) is 12.3 Å². The number of nitrogens with one attached hydrogen (secondary N) is 1. The molecule has 1 aliphatic heterocycles. The minimum absolute atomic E-state index is 0.0447. The molecule has 0 saturated carbocycles. The Morgan fingerprint density at radius 3 is 2.82 bits per heavy atom. The molecule has 7 heteroatoms. The molecule has 0 radical (unpaired) electrons. The van der Waals surface area contributed by atoms with Gasteiger partial charge < -0.3 is 15.5 Å². The maximum atomic E-state index is 5.97. The second-order valence-electron chi connectivity index (χ2n) is 5.25. The summed E-state index contributed by atoms with van der Waals surface area (Å²) in [6.45, 7) is 0. The van der Waals surface area contributed by atoms with Gasteiger partial charge in [0.15, 0.2) is 0 Å². The van der Waals surface area contributed by atoms with Gasteiger partial charge in [-0.3, -0.25) is 0 Å². The summed E-state index contributed by atoms with van der Waals surface area (Å²) in [4.78, 5) is 4.26. The van der Waals surface area contributed by atoms with Crippen LogP contribution in [0.1, 0.15) is 29.8 Å². The van der Waals surface area contributed by atoms with E-state index >= 15 is 0 Å². The van der Waals surface area contributed by atoms with E-state index in [0.717, 1.165) is 22.8 Å². The normalized spacial score (nSPS) is 20.4. The largest absolute Gasteiger partial charge is 0.467 e. The van der Waals surface area contributed by atoms with Crippen LogP contribution in [0.5, 0.6) is 0 Å². The molecule has 0 spiro atoms. The molecular formula is C15H14ClN5O. The number of aromatic nitrogens is 3. The van der Waals surface area contributed by atoms with Crippen LogP contribution in [-0.4, -0.2) is 14.8 Å². The van der Waals surface area contributed by atoms with E-state index in [1.54, 1.807) is 10.9 Å². The van der Waals surface area contributed by atoms with Crippen LogP contribution >= 0.6 is 11.6 Å². The van der Waals surface area contributed by atoms with E-state index in [-0.39, 0.29) is 18.0 Å². The number of furan rings is 1. The van der Waals surface area contributed by atoms with Gasteiger partial charge >= 0.3 is 0 Å². The third-order valence-electron chi connectivity index (χ3n) is 3.85. The Kier molecular flexibility index (Phi) is 3.04. The number of anilines is 2. The Hall–Kier alpha value is -2.47. The van der Waals surface area contributed by atoms with E-state index in [1.165, 1.54) is 0 Å². The second kappa shape index (κ2) is 5.06. The number of halogens is 1. The molecule has 3 N–H and O–H groups in total.